The van der Waals surface area contributed by atoms with Crippen LogP contribution in [0, 0.1) is 11.3 Å². The molecule has 1 unspecified atom stereocenters. The number of hydrogen-bond donors (Lipinski definition) is 0. The van der Waals surface area contributed by atoms with Crippen LogP contribution in [0.5, 0.6) is 0 Å². The van der Waals surface area contributed by atoms with Crippen LogP contribution in [0.15, 0.2) is 29.2 Å². The Balaban J connectivity index is 2.83. The predicted octanol–water partition coefficient (Wildman–Crippen LogP) is 2.92. The molecule has 0 aliphatic carbocycles. The van der Waals surface area contributed by atoms with E-state index in [4.69, 9.17) is 5.26 Å². The Kier molecular flexibility index (Phi) is 4.67. The van der Waals surface area contributed by atoms with Crippen molar-refractivity contribution >= 4 is 11.8 Å². The zero-order chi connectivity index (χ0) is 11.3. The third-order valence-electron chi connectivity index (χ3n) is 2.15. The highest BCUT2D eigenvalue weighted by atomic mass is 32.2. The largest absolute Gasteiger partial charge is 0.291 e. The molecule has 80 valence electrons. The Labute approximate surface area is 95.9 Å². The van der Waals surface area contributed by atoms with E-state index < -0.39 is 0 Å². The van der Waals surface area contributed by atoms with Gasteiger partial charge in [-0.1, -0.05) is 19.1 Å². The standard InChI is InChI=1S/C12H16N2S/c1-4-15-11-7-5-10(6-8-11)12(9-13)14(2)3/h5-8,12H,4H2,1-3H3. The van der Waals surface area contributed by atoms with Crippen molar-refractivity contribution in [2.45, 2.75) is 17.9 Å². The maximum atomic E-state index is 9.03. The fourth-order valence-electron chi connectivity index (χ4n) is 1.40. The number of nitriles is 1. The molecule has 0 amide bonds. The Morgan fingerprint density at radius 3 is 2.33 bits per heavy atom. The maximum Gasteiger partial charge on any atom is 0.123 e. The second kappa shape index (κ2) is 5.79. The van der Waals surface area contributed by atoms with Crippen molar-refractivity contribution in [1.29, 1.82) is 5.26 Å². The van der Waals surface area contributed by atoms with Crippen LogP contribution in [-0.2, 0) is 0 Å². The molecule has 0 aromatic heterocycles. The van der Waals surface area contributed by atoms with Crippen molar-refractivity contribution in [1.82, 2.24) is 4.90 Å². The van der Waals surface area contributed by atoms with Gasteiger partial charge >= 0.3 is 0 Å². The summed E-state index contributed by atoms with van der Waals surface area (Å²) in [6, 6.07) is 10.4. The van der Waals surface area contributed by atoms with E-state index in [1.54, 1.807) is 0 Å². The van der Waals surface area contributed by atoms with Gasteiger partial charge in [-0.05, 0) is 37.5 Å². The summed E-state index contributed by atoms with van der Waals surface area (Å²) in [7, 11) is 3.84. The molecule has 1 atom stereocenters. The molecule has 0 saturated heterocycles. The van der Waals surface area contributed by atoms with Gasteiger partial charge in [0, 0.05) is 4.90 Å². The van der Waals surface area contributed by atoms with E-state index in [2.05, 4.69) is 25.1 Å². The minimum atomic E-state index is -0.148. The second-order valence-corrected chi connectivity index (χ2v) is 4.83. The highest BCUT2D eigenvalue weighted by Gasteiger charge is 2.11. The molecule has 0 N–H and O–H groups in total. The zero-order valence-electron chi connectivity index (χ0n) is 9.40. The maximum absolute atomic E-state index is 9.03. The summed E-state index contributed by atoms with van der Waals surface area (Å²) >= 11 is 1.82. The van der Waals surface area contributed by atoms with Crippen molar-refractivity contribution in [3.63, 3.8) is 0 Å². The molecule has 0 bridgehead atoms. The number of benzene rings is 1. The Hall–Kier alpha value is -0.980. The third kappa shape index (κ3) is 3.26. The molecule has 0 spiro atoms. The first-order chi connectivity index (χ1) is 7.19. The van der Waals surface area contributed by atoms with E-state index >= 15 is 0 Å². The smallest absolute Gasteiger partial charge is 0.123 e. The van der Waals surface area contributed by atoms with Crippen LogP contribution in [0.1, 0.15) is 18.5 Å². The van der Waals surface area contributed by atoms with Gasteiger partial charge in [-0.25, -0.2) is 0 Å². The molecule has 15 heavy (non-hydrogen) atoms. The minimum Gasteiger partial charge on any atom is -0.291 e. The van der Waals surface area contributed by atoms with Crippen molar-refractivity contribution in [2.75, 3.05) is 19.8 Å². The van der Waals surface area contributed by atoms with Crippen LogP contribution in [0.3, 0.4) is 0 Å². The normalized spacial score (nSPS) is 12.5. The molecule has 1 aromatic rings. The van der Waals surface area contributed by atoms with Gasteiger partial charge in [0.25, 0.3) is 0 Å². The van der Waals surface area contributed by atoms with Crippen LogP contribution in [0.4, 0.5) is 0 Å². The van der Waals surface area contributed by atoms with Crippen molar-refractivity contribution in [3.05, 3.63) is 29.8 Å². The molecule has 0 fully saturated rings. The van der Waals surface area contributed by atoms with Gasteiger partial charge < -0.3 is 0 Å². The first-order valence-corrected chi connectivity index (χ1v) is 5.96. The lowest BCUT2D eigenvalue weighted by atomic mass is 10.1. The summed E-state index contributed by atoms with van der Waals surface area (Å²) in [5, 5.41) is 9.03. The van der Waals surface area contributed by atoms with Gasteiger partial charge in [0.1, 0.15) is 6.04 Å². The topological polar surface area (TPSA) is 27.0 Å². The zero-order valence-corrected chi connectivity index (χ0v) is 10.2. The first-order valence-electron chi connectivity index (χ1n) is 4.97. The van der Waals surface area contributed by atoms with Gasteiger partial charge in [-0.2, -0.15) is 5.26 Å². The van der Waals surface area contributed by atoms with Crippen molar-refractivity contribution in [2.24, 2.45) is 0 Å². The van der Waals surface area contributed by atoms with E-state index in [9.17, 15) is 0 Å². The summed E-state index contributed by atoms with van der Waals surface area (Å²) < 4.78 is 0. The van der Waals surface area contributed by atoms with E-state index in [0.717, 1.165) is 11.3 Å². The van der Waals surface area contributed by atoms with E-state index in [0.29, 0.717) is 0 Å². The van der Waals surface area contributed by atoms with Crippen LogP contribution in [0.2, 0.25) is 0 Å². The molecule has 3 heteroatoms. The third-order valence-corrected chi connectivity index (χ3v) is 3.04. The lowest BCUT2D eigenvalue weighted by Gasteiger charge is -2.17. The average molecular weight is 220 g/mol. The first kappa shape index (κ1) is 12.1. The predicted molar refractivity (Wildman–Crippen MR) is 64.9 cm³/mol. The fraction of sp³-hybridized carbons (Fsp3) is 0.417. The highest BCUT2D eigenvalue weighted by Crippen LogP contribution is 2.22. The Morgan fingerprint density at radius 2 is 1.93 bits per heavy atom. The molecule has 1 rings (SSSR count). The van der Waals surface area contributed by atoms with E-state index in [-0.39, 0.29) is 6.04 Å². The van der Waals surface area contributed by atoms with Crippen molar-refractivity contribution < 1.29 is 0 Å². The average Bonchev–Trinajstić information content (AvgIpc) is 2.21. The fourth-order valence-corrected chi connectivity index (χ4v) is 2.06. The number of nitrogens with zero attached hydrogens (tertiary/aromatic N) is 2. The monoisotopic (exact) mass is 220 g/mol. The number of thioether (sulfide) groups is 1. The van der Waals surface area contributed by atoms with Gasteiger partial charge in [0.2, 0.25) is 0 Å². The summed E-state index contributed by atoms with van der Waals surface area (Å²) in [4.78, 5) is 3.18. The summed E-state index contributed by atoms with van der Waals surface area (Å²) in [5.74, 6) is 1.08. The number of rotatable bonds is 4. The molecule has 1 aromatic carbocycles. The van der Waals surface area contributed by atoms with E-state index in [1.165, 1.54) is 4.90 Å². The van der Waals surface area contributed by atoms with E-state index in [1.807, 2.05) is 42.9 Å². The molecule has 2 nitrogen and oxygen atoms in total. The second-order valence-electron chi connectivity index (χ2n) is 3.50. The molecule has 0 saturated carbocycles. The van der Waals surface area contributed by atoms with Gasteiger partial charge in [-0.3, -0.25) is 4.90 Å². The molecular weight excluding hydrogens is 204 g/mol. The lowest BCUT2D eigenvalue weighted by molar-refractivity contribution is 0.358. The Bertz CT molecular complexity index is 338. The SMILES string of the molecule is CCSc1ccc(C(C#N)N(C)C)cc1. The van der Waals surface area contributed by atoms with Crippen LogP contribution >= 0.6 is 11.8 Å². The lowest BCUT2D eigenvalue weighted by Crippen LogP contribution is -2.18. The van der Waals surface area contributed by atoms with Crippen LogP contribution < -0.4 is 0 Å². The quantitative estimate of drug-likeness (QED) is 0.730. The van der Waals surface area contributed by atoms with Gasteiger partial charge in [-0.15, -0.1) is 11.8 Å². The molecule has 0 aliphatic heterocycles. The Morgan fingerprint density at radius 1 is 1.33 bits per heavy atom. The molecule has 0 heterocycles. The van der Waals surface area contributed by atoms with Gasteiger partial charge in [0.05, 0.1) is 6.07 Å². The molecule has 0 radical (unpaired) electrons. The summed E-state index contributed by atoms with van der Waals surface area (Å²) in [6.45, 7) is 2.14. The van der Waals surface area contributed by atoms with Crippen molar-refractivity contribution in [3.8, 4) is 6.07 Å². The minimum absolute atomic E-state index is 0.148. The van der Waals surface area contributed by atoms with Gasteiger partial charge in [0.15, 0.2) is 0 Å². The molecular formula is C12H16N2S. The summed E-state index contributed by atoms with van der Waals surface area (Å²) in [5.41, 5.74) is 1.06. The highest BCUT2D eigenvalue weighted by molar-refractivity contribution is 7.99. The number of hydrogen-bond acceptors (Lipinski definition) is 3. The van der Waals surface area contributed by atoms with Crippen LogP contribution in [0.25, 0.3) is 0 Å². The summed E-state index contributed by atoms with van der Waals surface area (Å²) in [6.07, 6.45) is 0. The van der Waals surface area contributed by atoms with Crippen LogP contribution in [-0.4, -0.2) is 24.7 Å². The molecule has 0 aliphatic rings.